The van der Waals surface area contributed by atoms with E-state index in [-0.39, 0.29) is 11.3 Å². The van der Waals surface area contributed by atoms with Crippen molar-refractivity contribution >= 4 is 40.7 Å². The lowest BCUT2D eigenvalue weighted by molar-refractivity contribution is -0.140. The lowest BCUT2D eigenvalue weighted by Gasteiger charge is -2.28. The molecule has 1 aliphatic rings. The van der Waals surface area contributed by atoms with E-state index in [1.54, 1.807) is 35.2 Å². The molecule has 2 aromatic rings. The maximum absolute atomic E-state index is 13.3. The highest BCUT2D eigenvalue weighted by atomic mass is 35.5. The Morgan fingerprint density at radius 2 is 1.56 bits per heavy atom. The largest absolute Gasteiger partial charge is 0.507 e. The Labute approximate surface area is 224 Å². The van der Waals surface area contributed by atoms with Gasteiger partial charge in [-0.15, -0.1) is 0 Å². The molecule has 3 rings (SSSR count). The minimum absolute atomic E-state index is 0.0573. The molecule has 1 amide bonds. The number of aryl methyl sites for hydroxylation is 1. The zero-order chi connectivity index (χ0) is 26.2. The van der Waals surface area contributed by atoms with Crippen molar-refractivity contribution in [2.24, 2.45) is 0 Å². The highest BCUT2D eigenvalue weighted by molar-refractivity contribution is 6.47. The van der Waals surface area contributed by atoms with Crippen LogP contribution in [0.1, 0.15) is 68.7 Å². The molecule has 5 nitrogen and oxygen atoms in total. The Kier molecular flexibility index (Phi) is 10.4. The number of likely N-dealkylation sites (tertiary alicyclic amines) is 1. The van der Waals surface area contributed by atoms with E-state index in [0.717, 1.165) is 50.9 Å². The van der Waals surface area contributed by atoms with Crippen LogP contribution in [-0.2, 0) is 9.59 Å². The van der Waals surface area contributed by atoms with Crippen LogP contribution >= 0.6 is 23.2 Å². The van der Waals surface area contributed by atoms with Gasteiger partial charge in [-0.05, 0) is 63.5 Å². The Bertz CT molecular complexity index is 1090. The van der Waals surface area contributed by atoms with Gasteiger partial charge in [-0.2, -0.15) is 0 Å². The SMILES string of the molecule is CCCCN(CCCC)CCCN1C(=O)C(=O)C(=C(O)c2ccc(C)cc2)[C@@H]1c1ccc(Cl)cc1Cl. The molecule has 1 saturated heterocycles. The van der Waals surface area contributed by atoms with E-state index < -0.39 is 17.7 Å². The third-order valence-corrected chi connectivity index (χ3v) is 7.21. The summed E-state index contributed by atoms with van der Waals surface area (Å²) in [6.45, 7) is 9.57. The molecule has 0 aliphatic carbocycles. The first-order chi connectivity index (χ1) is 17.3. The summed E-state index contributed by atoms with van der Waals surface area (Å²) in [6.07, 6.45) is 5.24. The van der Waals surface area contributed by atoms with Crippen LogP contribution < -0.4 is 0 Å². The highest BCUT2D eigenvalue weighted by Crippen LogP contribution is 2.42. The molecule has 1 atom stereocenters. The van der Waals surface area contributed by atoms with E-state index in [2.05, 4.69) is 18.7 Å². The fraction of sp³-hybridized carbons (Fsp3) is 0.448. The van der Waals surface area contributed by atoms with Gasteiger partial charge in [-0.1, -0.05) is 85.8 Å². The van der Waals surface area contributed by atoms with E-state index in [1.165, 1.54) is 0 Å². The van der Waals surface area contributed by atoms with E-state index in [4.69, 9.17) is 23.2 Å². The summed E-state index contributed by atoms with van der Waals surface area (Å²) >= 11 is 12.7. The number of aliphatic hydroxyl groups excluding tert-OH is 1. The van der Waals surface area contributed by atoms with E-state index in [0.29, 0.717) is 34.1 Å². The van der Waals surface area contributed by atoms with Gasteiger partial charge in [-0.3, -0.25) is 9.59 Å². The summed E-state index contributed by atoms with van der Waals surface area (Å²) in [5.41, 5.74) is 2.14. The fourth-order valence-electron chi connectivity index (χ4n) is 4.59. The molecule has 36 heavy (non-hydrogen) atoms. The van der Waals surface area contributed by atoms with E-state index >= 15 is 0 Å². The number of Topliss-reactive ketones (excluding diaryl/α,β-unsaturated/α-hetero) is 1. The first-order valence-corrected chi connectivity index (χ1v) is 13.6. The predicted molar refractivity (Wildman–Crippen MR) is 148 cm³/mol. The minimum Gasteiger partial charge on any atom is -0.507 e. The van der Waals surface area contributed by atoms with Crippen LogP contribution in [0.2, 0.25) is 10.0 Å². The summed E-state index contributed by atoms with van der Waals surface area (Å²) in [5.74, 6) is -1.51. The van der Waals surface area contributed by atoms with Gasteiger partial charge in [-0.25, -0.2) is 0 Å². The molecule has 0 radical (unpaired) electrons. The second-order valence-corrected chi connectivity index (χ2v) is 10.3. The van der Waals surface area contributed by atoms with Crippen LogP contribution in [0.15, 0.2) is 48.0 Å². The van der Waals surface area contributed by atoms with Gasteiger partial charge in [0.15, 0.2) is 0 Å². The number of halogens is 2. The number of amides is 1. The number of hydrogen-bond donors (Lipinski definition) is 1. The molecular weight excluding hydrogens is 495 g/mol. The minimum atomic E-state index is -0.782. The molecule has 0 aromatic heterocycles. The van der Waals surface area contributed by atoms with Crippen molar-refractivity contribution in [3.05, 3.63) is 74.8 Å². The number of carbonyl (C=O) groups is 2. The number of unbranched alkanes of at least 4 members (excludes halogenated alkanes) is 2. The van der Waals surface area contributed by atoms with Gasteiger partial charge >= 0.3 is 0 Å². The maximum atomic E-state index is 13.3. The van der Waals surface area contributed by atoms with Crippen LogP contribution in [0.3, 0.4) is 0 Å². The highest BCUT2D eigenvalue weighted by Gasteiger charge is 2.46. The molecule has 0 unspecified atom stereocenters. The Balaban J connectivity index is 1.95. The standard InChI is InChI=1S/C29H36Cl2N2O3/c1-4-6-15-32(16-7-5-2)17-8-18-33-26(23-14-13-22(30)19-24(23)31)25(28(35)29(33)36)27(34)21-11-9-20(3)10-12-21/h9-14,19,26,34H,4-8,15-18H2,1-3H3/t26-/m0/s1. The molecule has 1 N–H and O–H groups in total. The lowest BCUT2D eigenvalue weighted by Crippen LogP contribution is -2.34. The summed E-state index contributed by atoms with van der Waals surface area (Å²) in [4.78, 5) is 30.5. The second-order valence-electron chi connectivity index (χ2n) is 9.43. The van der Waals surface area contributed by atoms with Gasteiger partial charge in [0, 0.05) is 22.2 Å². The molecule has 1 aliphatic heterocycles. The number of benzene rings is 2. The Morgan fingerprint density at radius 1 is 0.944 bits per heavy atom. The number of hydrogen-bond acceptors (Lipinski definition) is 4. The zero-order valence-corrected chi connectivity index (χ0v) is 22.9. The summed E-state index contributed by atoms with van der Waals surface area (Å²) in [6, 6.07) is 11.4. The second kappa shape index (κ2) is 13.3. The van der Waals surface area contributed by atoms with Crippen LogP contribution in [0.25, 0.3) is 5.76 Å². The normalized spacial score (nSPS) is 17.4. The van der Waals surface area contributed by atoms with Crippen LogP contribution in [0.4, 0.5) is 0 Å². The van der Waals surface area contributed by atoms with Gasteiger partial charge in [0.25, 0.3) is 11.7 Å². The number of aliphatic hydroxyl groups is 1. The molecule has 0 bridgehead atoms. The smallest absolute Gasteiger partial charge is 0.295 e. The van der Waals surface area contributed by atoms with Crippen molar-refractivity contribution < 1.29 is 14.7 Å². The van der Waals surface area contributed by atoms with E-state index in [1.807, 2.05) is 19.1 Å². The van der Waals surface area contributed by atoms with Crippen molar-refractivity contribution in [3.8, 4) is 0 Å². The van der Waals surface area contributed by atoms with Gasteiger partial charge in [0.2, 0.25) is 0 Å². The van der Waals surface area contributed by atoms with Gasteiger partial charge in [0.05, 0.1) is 11.6 Å². The molecule has 194 valence electrons. The summed E-state index contributed by atoms with van der Waals surface area (Å²) in [7, 11) is 0. The van der Waals surface area contributed by atoms with Crippen molar-refractivity contribution in [2.45, 2.75) is 58.9 Å². The quantitative estimate of drug-likeness (QED) is 0.182. The topological polar surface area (TPSA) is 60.9 Å². The summed E-state index contributed by atoms with van der Waals surface area (Å²) in [5, 5.41) is 12.0. The van der Waals surface area contributed by atoms with Crippen LogP contribution in [0.5, 0.6) is 0 Å². The molecule has 0 saturated carbocycles. The molecule has 2 aromatic carbocycles. The molecular formula is C29H36Cl2N2O3. The monoisotopic (exact) mass is 530 g/mol. The lowest BCUT2D eigenvalue weighted by atomic mass is 9.95. The summed E-state index contributed by atoms with van der Waals surface area (Å²) < 4.78 is 0. The molecule has 7 heteroatoms. The van der Waals surface area contributed by atoms with E-state index in [9.17, 15) is 14.7 Å². The maximum Gasteiger partial charge on any atom is 0.295 e. The van der Waals surface area contributed by atoms with Gasteiger partial charge in [0.1, 0.15) is 5.76 Å². The molecule has 1 fully saturated rings. The average Bonchev–Trinajstić information content (AvgIpc) is 3.10. The van der Waals surface area contributed by atoms with Crippen molar-refractivity contribution in [1.29, 1.82) is 0 Å². The third kappa shape index (κ3) is 6.70. The van der Waals surface area contributed by atoms with Crippen molar-refractivity contribution in [2.75, 3.05) is 26.2 Å². The Morgan fingerprint density at radius 3 is 2.14 bits per heavy atom. The zero-order valence-electron chi connectivity index (χ0n) is 21.4. The van der Waals surface area contributed by atoms with Gasteiger partial charge < -0.3 is 14.9 Å². The Hall–Kier alpha value is -2.34. The fourth-order valence-corrected chi connectivity index (χ4v) is 5.10. The number of rotatable bonds is 12. The molecule has 0 spiro atoms. The van der Waals surface area contributed by atoms with Crippen molar-refractivity contribution in [3.63, 3.8) is 0 Å². The first-order valence-electron chi connectivity index (χ1n) is 12.8. The molecule has 1 heterocycles. The van der Waals surface area contributed by atoms with Crippen LogP contribution in [-0.4, -0.2) is 52.8 Å². The predicted octanol–water partition coefficient (Wildman–Crippen LogP) is 7.02. The first kappa shape index (κ1) is 28.2. The number of carbonyl (C=O) groups excluding carboxylic acids is 2. The van der Waals surface area contributed by atoms with Crippen molar-refractivity contribution in [1.82, 2.24) is 9.80 Å². The number of nitrogens with zero attached hydrogens (tertiary/aromatic N) is 2. The van der Waals surface area contributed by atoms with Crippen LogP contribution in [0, 0.1) is 6.92 Å². The third-order valence-electron chi connectivity index (χ3n) is 6.65. The number of ketones is 1. The average molecular weight is 532 g/mol.